The summed E-state index contributed by atoms with van der Waals surface area (Å²) in [4.78, 5) is 38.8. The van der Waals surface area contributed by atoms with Crippen LogP contribution in [-0.4, -0.2) is 79.6 Å². The number of nitrogens with zero attached hydrogens (tertiary/aromatic N) is 1. The van der Waals surface area contributed by atoms with E-state index in [1.165, 1.54) is 19.1 Å². The molecule has 1 aliphatic heterocycles. The molecule has 0 aliphatic carbocycles. The Kier molecular flexibility index (Phi) is 10.1. The average Bonchev–Trinajstić information content (AvgIpc) is 3.23. The monoisotopic (exact) mass is 450 g/mol. The summed E-state index contributed by atoms with van der Waals surface area (Å²) in [5.74, 6) is -2.16. The van der Waals surface area contributed by atoms with Gasteiger partial charge in [-0.15, -0.1) is 0 Å². The van der Waals surface area contributed by atoms with E-state index in [1.807, 2.05) is 30.3 Å². The number of benzene rings is 1. The number of esters is 1. The van der Waals surface area contributed by atoms with Gasteiger partial charge in [0.05, 0.1) is 12.6 Å². The van der Waals surface area contributed by atoms with Crippen molar-refractivity contribution in [1.82, 2.24) is 10.2 Å². The van der Waals surface area contributed by atoms with Crippen molar-refractivity contribution in [3.05, 3.63) is 35.9 Å². The van der Waals surface area contributed by atoms with Gasteiger partial charge in [-0.3, -0.25) is 14.9 Å². The van der Waals surface area contributed by atoms with Crippen molar-refractivity contribution in [1.29, 1.82) is 0 Å². The minimum Gasteiger partial charge on any atom is -0.480 e. The first-order chi connectivity index (χ1) is 15.3. The maximum absolute atomic E-state index is 13.2. The highest BCUT2D eigenvalue weighted by atomic mass is 16.7. The van der Waals surface area contributed by atoms with Gasteiger partial charge in [-0.1, -0.05) is 30.3 Å². The first-order valence-corrected chi connectivity index (χ1v) is 10.9. The number of carbonyl (C=O) groups is 3. The molecule has 0 aromatic heterocycles. The van der Waals surface area contributed by atoms with Crippen LogP contribution in [-0.2, 0) is 35.0 Å². The van der Waals surface area contributed by atoms with E-state index in [0.717, 1.165) is 5.56 Å². The highest BCUT2D eigenvalue weighted by Gasteiger charge is 2.44. The van der Waals surface area contributed by atoms with E-state index >= 15 is 0 Å². The number of amides is 1. The minimum atomic E-state index is -1.08. The summed E-state index contributed by atoms with van der Waals surface area (Å²) < 4.78 is 15.7. The molecule has 178 valence electrons. The number of hydrogen-bond acceptors (Lipinski definition) is 7. The number of nitrogens with one attached hydrogen (secondary N) is 1. The number of likely N-dealkylation sites (tertiary alicyclic amines) is 1. The largest absolute Gasteiger partial charge is 0.480 e. The first-order valence-electron chi connectivity index (χ1n) is 10.9. The summed E-state index contributed by atoms with van der Waals surface area (Å²) in [6.07, 6.45) is 0.706. The van der Waals surface area contributed by atoms with Crippen LogP contribution in [0.15, 0.2) is 30.3 Å². The Hall–Kier alpha value is -2.49. The molecule has 1 heterocycles. The molecule has 1 aliphatic rings. The highest BCUT2D eigenvalue weighted by molar-refractivity contribution is 5.88. The van der Waals surface area contributed by atoms with Crippen LogP contribution in [0.2, 0.25) is 0 Å². The molecular weight excluding hydrogens is 416 g/mol. The Labute approximate surface area is 189 Å². The summed E-state index contributed by atoms with van der Waals surface area (Å²) in [6, 6.07) is 7.28. The van der Waals surface area contributed by atoms with Gasteiger partial charge in [0, 0.05) is 26.7 Å². The summed E-state index contributed by atoms with van der Waals surface area (Å²) in [5, 5.41) is 12.7. The molecule has 2 unspecified atom stereocenters. The molecule has 1 amide bonds. The molecular formula is C23H34N2O7. The van der Waals surface area contributed by atoms with Crippen LogP contribution >= 0.6 is 0 Å². The number of methoxy groups -OCH3 is 2. The lowest BCUT2D eigenvalue weighted by atomic mass is 10.0. The Bertz CT molecular complexity index is 754. The Morgan fingerprint density at radius 3 is 2.41 bits per heavy atom. The van der Waals surface area contributed by atoms with Gasteiger partial charge in [0.1, 0.15) is 12.1 Å². The number of rotatable bonds is 12. The molecule has 0 radical (unpaired) electrons. The zero-order valence-electron chi connectivity index (χ0n) is 19.2. The normalized spacial score (nSPS) is 20.2. The topological polar surface area (TPSA) is 114 Å². The standard InChI is InChI=1S/C23H34N2O7/c1-5-32-22(29)18(12-11-16-9-7-6-8-10-16)24-15(2)20(26)25-14-17(23(30-3)31-4)13-19(25)21(27)28/h6-10,15,17-19,23-24H,5,11-14H2,1-4H3,(H,27,28)/t15-,17?,18?,19-/m0/s1. The quantitative estimate of drug-likeness (QED) is 0.363. The van der Waals surface area contributed by atoms with E-state index in [-0.39, 0.29) is 31.4 Å². The summed E-state index contributed by atoms with van der Waals surface area (Å²) in [7, 11) is 2.96. The molecule has 0 bridgehead atoms. The predicted octanol–water partition coefficient (Wildman–Crippen LogP) is 1.45. The molecule has 4 atom stereocenters. The number of ether oxygens (including phenoxy) is 3. The predicted molar refractivity (Wildman–Crippen MR) is 117 cm³/mol. The third-order valence-electron chi connectivity index (χ3n) is 5.71. The zero-order chi connectivity index (χ0) is 23.7. The fourth-order valence-electron chi connectivity index (χ4n) is 4.11. The Morgan fingerprint density at radius 2 is 1.84 bits per heavy atom. The molecule has 1 fully saturated rings. The van der Waals surface area contributed by atoms with Crippen molar-refractivity contribution in [3.8, 4) is 0 Å². The molecule has 1 aromatic rings. The number of carboxylic acids is 1. The number of aliphatic carboxylic acids is 1. The van der Waals surface area contributed by atoms with Crippen molar-refractivity contribution in [2.75, 3.05) is 27.4 Å². The lowest BCUT2D eigenvalue weighted by Crippen LogP contribution is -2.53. The zero-order valence-corrected chi connectivity index (χ0v) is 19.2. The second kappa shape index (κ2) is 12.5. The van der Waals surface area contributed by atoms with Crippen LogP contribution in [0.4, 0.5) is 0 Å². The van der Waals surface area contributed by atoms with E-state index in [1.54, 1.807) is 13.8 Å². The van der Waals surface area contributed by atoms with Gasteiger partial charge in [-0.05, 0) is 38.7 Å². The van der Waals surface area contributed by atoms with Crippen LogP contribution in [0.25, 0.3) is 0 Å². The van der Waals surface area contributed by atoms with Crippen LogP contribution in [0.1, 0.15) is 32.3 Å². The SMILES string of the molecule is CCOC(=O)C(CCc1ccccc1)N[C@@H](C)C(=O)N1CC(C(OC)OC)C[C@H]1C(=O)O. The van der Waals surface area contributed by atoms with Crippen molar-refractivity contribution < 1.29 is 33.7 Å². The van der Waals surface area contributed by atoms with Gasteiger partial charge in [0.15, 0.2) is 6.29 Å². The molecule has 32 heavy (non-hydrogen) atoms. The van der Waals surface area contributed by atoms with Gasteiger partial charge in [0.2, 0.25) is 5.91 Å². The fraction of sp³-hybridized carbons (Fsp3) is 0.609. The number of hydrogen-bond donors (Lipinski definition) is 2. The number of aryl methyl sites for hydroxylation is 1. The molecule has 9 heteroatoms. The number of carbonyl (C=O) groups excluding carboxylic acids is 2. The van der Waals surface area contributed by atoms with Gasteiger partial charge in [-0.2, -0.15) is 0 Å². The second-order valence-electron chi connectivity index (χ2n) is 7.90. The molecule has 0 spiro atoms. The van der Waals surface area contributed by atoms with Crippen molar-refractivity contribution in [2.24, 2.45) is 5.92 Å². The number of carboxylic acid groups (broad SMARTS) is 1. The minimum absolute atomic E-state index is 0.197. The molecule has 2 N–H and O–H groups in total. The van der Waals surface area contributed by atoms with Crippen LogP contribution < -0.4 is 5.32 Å². The summed E-state index contributed by atoms with van der Waals surface area (Å²) >= 11 is 0. The molecule has 0 saturated carbocycles. The van der Waals surface area contributed by atoms with Crippen molar-refractivity contribution in [2.45, 2.75) is 57.5 Å². The van der Waals surface area contributed by atoms with Crippen LogP contribution in [0, 0.1) is 5.92 Å². The summed E-state index contributed by atoms with van der Waals surface area (Å²) in [6.45, 7) is 3.79. The van der Waals surface area contributed by atoms with Gasteiger partial charge < -0.3 is 24.2 Å². The fourth-order valence-corrected chi connectivity index (χ4v) is 4.11. The van der Waals surface area contributed by atoms with E-state index < -0.39 is 36.4 Å². The average molecular weight is 451 g/mol. The van der Waals surface area contributed by atoms with Crippen molar-refractivity contribution >= 4 is 17.8 Å². The van der Waals surface area contributed by atoms with Crippen molar-refractivity contribution in [3.63, 3.8) is 0 Å². The first kappa shape index (κ1) is 25.8. The molecule has 2 rings (SSSR count). The van der Waals surface area contributed by atoms with E-state index in [2.05, 4.69) is 5.32 Å². The highest BCUT2D eigenvalue weighted by Crippen LogP contribution is 2.28. The van der Waals surface area contributed by atoms with Gasteiger partial charge in [0.25, 0.3) is 0 Å². The smallest absolute Gasteiger partial charge is 0.326 e. The maximum Gasteiger partial charge on any atom is 0.326 e. The lowest BCUT2D eigenvalue weighted by Gasteiger charge is -2.28. The Balaban J connectivity index is 2.09. The van der Waals surface area contributed by atoms with Crippen LogP contribution in [0.5, 0.6) is 0 Å². The Morgan fingerprint density at radius 1 is 1.19 bits per heavy atom. The molecule has 1 aromatic carbocycles. The van der Waals surface area contributed by atoms with Crippen LogP contribution in [0.3, 0.4) is 0 Å². The lowest BCUT2D eigenvalue weighted by molar-refractivity contribution is -0.150. The molecule has 9 nitrogen and oxygen atoms in total. The molecule has 1 saturated heterocycles. The van der Waals surface area contributed by atoms with Gasteiger partial charge in [-0.25, -0.2) is 4.79 Å². The van der Waals surface area contributed by atoms with E-state index in [4.69, 9.17) is 14.2 Å². The third kappa shape index (κ3) is 6.75. The third-order valence-corrected chi connectivity index (χ3v) is 5.71. The van der Waals surface area contributed by atoms with E-state index in [0.29, 0.717) is 12.8 Å². The maximum atomic E-state index is 13.2. The summed E-state index contributed by atoms with van der Waals surface area (Å²) in [5.41, 5.74) is 1.07. The van der Waals surface area contributed by atoms with E-state index in [9.17, 15) is 19.5 Å². The van der Waals surface area contributed by atoms with Gasteiger partial charge >= 0.3 is 11.9 Å². The second-order valence-corrected chi connectivity index (χ2v) is 7.90.